The minimum Gasteiger partial charge on any atom is -0.339 e. The van der Waals surface area contributed by atoms with E-state index in [2.05, 4.69) is 10.6 Å². The predicted octanol–water partition coefficient (Wildman–Crippen LogP) is 3.77. The average molecular weight is 376 g/mol. The summed E-state index contributed by atoms with van der Waals surface area (Å²) in [6.07, 6.45) is 8.96. The van der Waals surface area contributed by atoms with Crippen LogP contribution in [0.4, 0.5) is 4.39 Å². The number of rotatable bonds is 6. The number of hydrogen-bond acceptors (Lipinski definition) is 2. The summed E-state index contributed by atoms with van der Waals surface area (Å²) in [5.74, 6) is -0.225. The topological polar surface area (TPSA) is 45.7 Å². The second kappa shape index (κ2) is 9.83. The standard InChI is InChI=1S/C21H27FN2OS/c22-17-12-10-16(11-13-17)21(19-9-6-14-26-19)24-20(25)15-23-18-7-4-2-1-3-5-8-18/h6,9-14,18,21,23H,1-5,7-8,15H2,(H,24,25)/p+1/t21-/m1/s1. The van der Waals surface area contributed by atoms with Crippen LogP contribution < -0.4 is 10.6 Å². The quantitative estimate of drug-likeness (QED) is 0.793. The van der Waals surface area contributed by atoms with Crippen molar-refractivity contribution in [3.05, 3.63) is 58.0 Å². The van der Waals surface area contributed by atoms with Gasteiger partial charge in [-0.05, 0) is 54.8 Å². The zero-order valence-corrected chi connectivity index (χ0v) is 15.9. The molecule has 3 nitrogen and oxygen atoms in total. The maximum Gasteiger partial charge on any atom is 0.275 e. The fourth-order valence-corrected chi connectivity index (χ4v) is 4.45. The summed E-state index contributed by atoms with van der Waals surface area (Å²) in [7, 11) is 0. The first-order chi connectivity index (χ1) is 12.7. The van der Waals surface area contributed by atoms with Gasteiger partial charge in [0.25, 0.3) is 5.91 Å². The SMILES string of the molecule is O=C(C[NH2+]C1CCCCCCC1)N[C@H](c1ccc(F)cc1)c1cccs1. The van der Waals surface area contributed by atoms with Crippen LogP contribution in [0.5, 0.6) is 0 Å². The van der Waals surface area contributed by atoms with E-state index < -0.39 is 0 Å². The Morgan fingerprint density at radius 1 is 1.12 bits per heavy atom. The van der Waals surface area contributed by atoms with Crippen molar-refractivity contribution in [1.82, 2.24) is 5.32 Å². The largest absolute Gasteiger partial charge is 0.339 e. The minimum atomic E-state index is -0.261. The molecule has 1 aliphatic rings. The molecule has 0 radical (unpaired) electrons. The number of nitrogens with one attached hydrogen (secondary N) is 1. The molecule has 5 heteroatoms. The van der Waals surface area contributed by atoms with Gasteiger partial charge in [-0.15, -0.1) is 11.3 Å². The number of benzene rings is 1. The lowest BCUT2D eigenvalue weighted by Crippen LogP contribution is -2.92. The second-order valence-electron chi connectivity index (χ2n) is 7.11. The second-order valence-corrected chi connectivity index (χ2v) is 8.09. The molecule has 1 heterocycles. The van der Waals surface area contributed by atoms with Gasteiger partial charge in [-0.3, -0.25) is 4.79 Å². The Kier molecular flexibility index (Phi) is 7.21. The lowest BCUT2D eigenvalue weighted by molar-refractivity contribution is -0.680. The van der Waals surface area contributed by atoms with Gasteiger partial charge < -0.3 is 10.6 Å². The first-order valence-corrected chi connectivity index (χ1v) is 10.5. The van der Waals surface area contributed by atoms with Crippen LogP contribution in [-0.2, 0) is 4.79 Å². The average Bonchev–Trinajstić information content (AvgIpc) is 3.14. The fraction of sp³-hybridized carbons (Fsp3) is 0.476. The zero-order valence-electron chi connectivity index (χ0n) is 15.1. The van der Waals surface area contributed by atoms with Gasteiger partial charge in [0.1, 0.15) is 5.82 Å². The lowest BCUT2D eigenvalue weighted by atomic mass is 9.97. The first-order valence-electron chi connectivity index (χ1n) is 9.64. The summed E-state index contributed by atoms with van der Waals surface area (Å²) >= 11 is 1.60. The highest BCUT2D eigenvalue weighted by atomic mass is 32.1. The summed E-state index contributed by atoms with van der Waals surface area (Å²) in [5, 5.41) is 7.34. The van der Waals surface area contributed by atoms with Crippen LogP contribution in [0.1, 0.15) is 61.4 Å². The Labute approximate surface area is 159 Å². The molecule has 2 aromatic rings. The molecule has 1 fully saturated rings. The van der Waals surface area contributed by atoms with E-state index in [9.17, 15) is 9.18 Å². The molecule has 26 heavy (non-hydrogen) atoms. The highest BCUT2D eigenvalue weighted by molar-refractivity contribution is 7.10. The summed E-state index contributed by atoms with van der Waals surface area (Å²) in [4.78, 5) is 13.6. The van der Waals surface area contributed by atoms with Gasteiger partial charge in [-0.2, -0.15) is 0 Å². The van der Waals surface area contributed by atoms with Crippen LogP contribution in [-0.4, -0.2) is 18.5 Å². The van der Waals surface area contributed by atoms with Crippen LogP contribution in [0.2, 0.25) is 0 Å². The molecule has 0 unspecified atom stereocenters. The third-order valence-corrected chi connectivity index (χ3v) is 6.06. The number of halogens is 1. The monoisotopic (exact) mass is 375 g/mol. The maximum absolute atomic E-state index is 13.3. The summed E-state index contributed by atoms with van der Waals surface area (Å²) in [6, 6.07) is 10.7. The van der Waals surface area contributed by atoms with Gasteiger partial charge in [0.05, 0.1) is 12.1 Å². The molecular formula is C21H28FN2OS+. The van der Waals surface area contributed by atoms with E-state index >= 15 is 0 Å². The Morgan fingerprint density at radius 2 is 1.81 bits per heavy atom. The van der Waals surface area contributed by atoms with Gasteiger partial charge in [0, 0.05) is 4.88 Å². The lowest BCUT2D eigenvalue weighted by Gasteiger charge is -2.20. The summed E-state index contributed by atoms with van der Waals surface area (Å²) < 4.78 is 13.3. The summed E-state index contributed by atoms with van der Waals surface area (Å²) in [6.45, 7) is 0.452. The highest BCUT2D eigenvalue weighted by Gasteiger charge is 2.20. The molecule has 1 aromatic carbocycles. The Bertz CT molecular complexity index is 664. The molecule has 3 rings (SSSR count). The van der Waals surface area contributed by atoms with Gasteiger partial charge in [0.15, 0.2) is 6.54 Å². The van der Waals surface area contributed by atoms with Crippen molar-refractivity contribution in [3.8, 4) is 0 Å². The van der Waals surface area contributed by atoms with Gasteiger partial charge in [-0.25, -0.2) is 4.39 Å². The number of carbonyl (C=O) groups is 1. The van der Waals surface area contributed by atoms with Gasteiger partial charge >= 0.3 is 0 Å². The number of thiophene rings is 1. The molecule has 0 bridgehead atoms. The first kappa shape index (κ1) is 19.1. The van der Waals surface area contributed by atoms with Crippen molar-refractivity contribution in [1.29, 1.82) is 0 Å². The van der Waals surface area contributed by atoms with Crippen molar-refractivity contribution in [2.24, 2.45) is 0 Å². The number of amides is 1. The Morgan fingerprint density at radius 3 is 2.46 bits per heavy atom. The predicted molar refractivity (Wildman–Crippen MR) is 104 cm³/mol. The molecule has 1 aromatic heterocycles. The Balaban J connectivity index is 1.59. The van der Waals surface area contributed by atoms with Crippen LogP contribution in [0.25, 0.3) is 0 Å². The number of hydrogen-bond donors (Lipinski definition) is 2. The van der Waals surface area contributed by atoms with Crippen molar-refractivity contribution in [2.75, 3.05) is 6.54 Å². The molecule has 140 valence electrons. The minimum absolute atomic E-state index is 0.0368. The maximum atomic E-state index is 13.3. The number of carbonyl (C=O) groups excluding carboxylic acids is 1. The molecule has 0 spiro atoms. The van der Waals surface area contributed by atoms with Gasteiger partial charge in [0.2, 0.25) is 0 Å². The number of quaternary nitrogens is 1. The number of nitrogens with two attached hydrogens (primary N) is 1. The van der Waals surface area contributed by atoms with E-state index in [1.807, 2.05) is 17.5 Å². The molecule has 1 saturated carbocycles. The van der Waals surface area contributed by atoms with E-state index in [0.29, 0.717) is 12.6 Å². The third kappa shape index (κ3) is 5.64. The molecule has 1 aliphatic carbocycles. The van der Waals surface area contributed by atoms with Crippen molar-refractivity contribution >= 4 is 17.2 Å². The van der Waals surface area contributed by atoms with E-state index in [-0.39, 0.29) is 17.8 Å². The van der Waals surface area contributed by atoms with E-state index in [4.69, 9.17) is 0 Å². The van der Waals surface area contributed by atoms with Crippen LogP contribution >= 0.6 is 11.3 Å². The summed E-state index contributed by atoms with van der Waals surface area (Å²) in [5.41, 5.74) is 0.910. The molecule has 1 atom stereocenters. The zero-order chi connectivity index (χ0) is 18.2. The smallest absolute Gasteiger partial charge is 0.275 e. The van der Waals surface area contributed by atoms with Crippen LogP contribution in [0.3, 0.4) is 0 Å². The molecule has 0 aliphatic heterocycles. The van der Waals surface area contributed by atoms with Crippen molar-refractivity contribution < 1.29 is 14.5 Å². The normalized spacial score (nSPS) is 17.3. The Hall–Kier alpha value is -1.72. The molecule has 1 amide bonds. The van der Waals surface area contributed by atoms with Crippen molar-refractivity contribution in [2.45, 2.75) is 57.0 Å². The van der Waals surface area contributed by atoms with E-state index in [0.717, 1.165) is 10.4 Å². The van der Waals surface area contributed by atoms with Crippen LogP contribution in [0.15, 0.2) is 41.8 Å². The third-order valence-electron chi connectivity index (χ3n) is 5.12. The molecule has 0 saturated heterocycles. The van der Waals surface area contributed by atoms with Crippen molar-refractivity contribution in [3.63, 3.8) is 0 Å². The van der Waals surface area contributed by atoms with E-state index in [1.54, 1.807) is 23.5 Å². The van der Waals surface area contributed by atoms with E-state index in [1.165, 1.54) is 57.1 Å². The molecule has 3 N–H and O–H groups in total. The van der Waals surface area contributed by atoms with Crippen LogP contribution in [0, 0.1) is 5.82 Å². The van der Waals surface area contributed by atoms with Gasteiger partial charge in [-0.1, -0.05) is 37.5 Å². The molecular weight excluding hydrogens is 347 g/mol. The highest BCUT2D eigenvalue weighted by Crippen LogP contribution is 2.26. The fourth-order valence-electron chi connectivity index (χ4n) is 3.65.